The molecule has 0 bridgehead atoms. The summed E-state index contributed by atoms with van der Waals surface area (Å²) in [5, 5.41) is 3.97. The number of imidazole rings is 1. The first-order chi connectivity index (χ1) is 14.7. The maximum absolute atomic E-state index is 13.1. The molecule has 3 aromatic rings. The van der Waals surface area contributed by atoms with Crippen molar-refractivity contribution in [2.24, 2.45) is 0 Å². The van der Waals surface area contributed by atoms with E-state index in [0.717, 1.165) is 6.26 Å². The van der Waals surface area contributed by atoms with Gasteiger partial charge in [-0.15, -0.1) is 0 Å². The predicted molar refractivity (Wildman–Crippen MR) is 108 cm³/mol. The molecule has 0 aliphatic carbocycles. The third-order valence-electron chi connectivity index (χ3n) is 5.01. The second kappa shape index (κ2) is 8.40. The number of aromatic nitrogens is 5. The largest absolute Gasteiger partial charge is 0.373 e. The van der Waals surface area contributed by atoms with E-state index < -0.39 is 16.4 Å². The van der Waals surface area contributed by atoms with Gasteiger partial charge in [-0.05, 0) is 12.1 Å². The van der Waals surface area contributed by atoms with Gasteiger partial charge in [-0.2, -0.15) is 5.10 Å². The summed E-state index contributed by atoms with van der Waals surface area (Å²) in [6, 6.07) is 4.44. The Labute approximate surface area is 177 Å². The second-order valence-corrected chi connectivity index (χ2v) is 9.31. The van der Waals surface area contributed by atoms with Crippen molar-refractivity contribution in [3.63, 3.8) is 0 Å². The van der Waals surface area contributed by atoms with Crippen molar-refractivity contribution >= 4 is 21.5 Å². The Morgan fingerprint density at radius 1 is 1.29 bits per heavy atom. The highest BCUT2D eigenvalue weighted by molar-refractivity contribution is 7.88. The fourth-order valence-electron chi connectivity index (χ4n) is 3.30. The molecule has 10 nitrogen and oxygen atoms in total. The minimum absolute atomic E-state index is 0.223. The van der Waals surface area contributed by atoms with Gasteiger partial charge in [0.1, 0.15) is 23.5 Å². The molecule has 0 spiro atoms. The molecule has 0 radical (unpaired) electrons. The van der Waals surface area contributed by atoms with Gasteiger partial charge in [0.25, 0.3) is 6.43 Å². The van der Waals surface area contributed by atoms with Crippen LogP contribution in [0.4, 0.5) is 14.6 Å². The number of likely N-dealkylation sites (N-methyl/N-ethyl adjacent to an activating group) is 1. The van der Waals surface area contributed by atoms with Gasteiger partial charge >= 0.3 is 0 Å². The summed E-state index contributed by atoms with van der Waals surface area (Å²) in [7, 11) is -1.81. The zero-order valence-corrected chi connectivity index (χ0v) is 17.7. The first-order valence-corrected chi connectivity index (χ1v) is 11.3. The number of halogens is 2. The average molecular weight is 453 g/mol. The van der Waals surface area contributed by atoms with E-state index in [0.29, 0.717) is 42.5 Å². The van der Waals surface area contributed by atoms with E-state index in [2.05, 4.69) is 20.1 Å². The molecule has 1 atom stereocenters. The minimum atomic E-state index is -3.31. The van der Waals surface area contributed by atoms with Crippen molar-refractivity contribution in [1.29, 1.82) is 0 Å². The highest BCUT2D eigenvalue weighted by Gasteiger charge is 2.26. The number of hydrogen-bond donors (Lipinski definition) is 0. The second-order valence-electron chi connectivity index (χ2n) is 7.22. The van der Waals surface area contributed by atoms with Gasteiger partial charge in [0.2, 0.25) is 10.0 Å². The molecule has 1 unspecified atom stereocenters. The molecule has 1 aliphatic heterocycles. The molecule has 3 aromatic heterocycles. The van der Waals surface area contributed by atoms with Gasteiger partial charge in [-0.3, -0.25) is 0 Å². The van der Waals surface area contributed by atoms with Crippen LogP contribution in [0.3, 0.4) is 0 Å². The normalized spacial score (nSPS) is 17.7. The van der Waals surface area contributed by atoms with Crippen molar-refractivity contribution in [1.82, 2.24) is 28.9 Å². The van der Waals surface area contributed by atoms with Crippen LogP contribution in [0.15, 0.2) is 30.7 Å². The van der Waals surface area contributed by atoms with Crippen LogP contribution in [0.5, 0.6) is 0 Å². The molecule has 13 heteroatoms. The molecule has 166 valence electrons. The summed E-state index contributed by atoms with van der Waals surface area (Å²) < 4.78 is 57.8. The van der Waals surface area contributed by atoms with Crippen LogP contribution >= 0.6 is 0 Å². The predicted octanol–water partition coefficient (Wildman–Crippen LogP) is 1.22. The SMILES string of the molecule is CN(CC1CN(c2cc(-c3cnc4ccc(C(F)F)nn34)ncn2)CCO1)S(C)(=O)=O. The molecule has 4 heterocycles. The van der Waals surface area contributed by atoms with Crippen LogP contribution in [-0.4, -0.2) is 82.9 Å². The van der Waals surface area contributed by atoms with Gasteiger partial charge in [0.05, 0.1) is 30.9 Å². The van der Waals surface area contributed by atoms with E-state index >= 15 is 0 Å². The van der Waals surface area contributed by atoms with Gasteiger partial charge in [0, 0.05) is 32.7 Å². The Morgan fingerprint density at radius 2 is 2.10 bits per heavy atom. The lowest BCUT2D eigenvalue weighted by Gasteiger charge is -2.35. The van der Waals surface area contributed by atoms with Crippen molar-refractivity contribution in [3.05, 3.63) is 36.4 Å². The van der Waals surface area contributed by atoms with Crippen LogP contribution in [0.25, 0.3) is 17.0 Å². The number of hydrogen-bond acceptors (Lipinski definition) is 8. The van der Waals surface area contributed by atoms with Crippen LogP contribution in [0.2, 0.25) is 0 Å². The molecule has 0 N–H and O–H groups in total. The van der Waals surface area contributed by atoms with Crippen LogP contribution in [0.1, 0.15) is 12.1 Å². The van der Waals surface area contributed by atoms with Crippen molar-refractivity contribution in [2.45, 2.75) is 12.5 Å². The molecule has 0 saturated carbocycles. The Bertz CT molecular complexity index is 1190. The lowest BCUT2D eigenvalue weighted by Crippen LogP contribution is -2.48. The summed E-state index contributed by atoms with van der Waals surface area (Å²) in [5.74, 6) is 0.611. The zero-order valence-electron chi connectivity index (χ0n) is 16.9. The third kappa shape index (κ3) is 4.62. The molecule has 1 fully saturated rings. The summed E-state index contributed by atoms with van der Waals surface area (Å²) in [6.45, 7) is 1.64. The van der Waals surface area contributed by atoms with Gasteiger partial charge < -0.3 is 9.64 Å². The lowest BCUT2D eigenvalue weighted by atomic mass is 10.2. The fourth-order valence-corrected chi connectivity index (χ4v) is 3.74. The summed E-state index contributed by atoms with van der Waals surface area (Å²) >= 11 is 0. The Morgan fingerprint density at radius 3 is 2.84 bits per heavy atom. The van der Waals surface area contributed by atoms with E-state index in [1.807, 2.05) is 4.90 Å². The summed E-state index contributed by atoms with van der Waals surface area (Å²) in [5.41, 5.74) is 1.01. The first kappa shape index (κ1) is 21.5. The van der Waals surface area contributed by atoms with Crippen LogP contribution in [0, 0.1) is 0 Å². The lowest BCUT2D eigenvalue weighted by molar-refractivity contribution is 0.0317. The smallest absolute Gasteiger partial charge is 0.282 e. The molecule has 31 heavy (non-hydrogen) atoms. The Hall–Kier alpha value is -2.77. The minimum Gasteiger partial charge on any atom is -0.373 e. The zero-order chi connectivity index (χ0) is 22.2. The molecule has 4 rings (SSSR count). The van der Waals surface area contributed by atoms with E-state index in [9.17, 15) is 17.2 Å². The van der Waals surface area contributed by atoms with E-state index in [4.69, 9.17) is 4.74 Å². The monoisotopic (exact) mass is 453 g/mol. The Kier molecular flexibility index (Phi) is 5.81. The standard InChI is InChI=1S/C18H21F2N7O3S/c1-25(31(2,28)29)9-12-10-26(5-6-30-12)17-7-14(22-11-23-17)15-8-21-16-4-3-13(18(19)20)24-27(15)16/h3-4,7-8,11-12,18H,5-6,9-10H2,1-2H3. The third-order valence-corrected chi connectivity index (χ3v) is 6.29. The number of fused-ring (bicyclic) bond motifs is 1. The van der Waals surface area contributed by atoms with Gasteiger partial charge in [-0.25, -0.2) is 41.0 Å². The summed E-state index contributed by atoms with van der Waals surface area (Å²) in [6.07, 6.45) is 1.03. The van der Waals surface area contributed by atoms with Gasteiger partial charge in [0.15, 0.2) is 5.65 Å². The number of morpholine rings is 1. The molecule has 1 aliphatic rings. The highest BCUT2D eigenvalue weighted by Crippen LogP contribution is 2.24. The number of ether oxygens (including phenoxy) is 1. The average Bonchev–Trinajstić information content (AvgIpc) is 3.16. The maximum Gasteiger partial charge on any atom is 0.282 e. The Balaban J connectivity index is 1.59. The number of sulfonamides is 1. The number of alkyl halides is 2. The maximum atomic E-state index is 13.1. The fraction of sp³-hybridized carbons (Fsp3) is 0.444. The van der Waals surface area contributed by atoms with Crippen LogP contribution in [-0.2, 0) is 14.8 Å². The van der Waals surface area contributed by atoms with Crippen molar-refractivity contribution < 1.29 is 21.9 Å². The van der Waals surface area contributed by atoms with Crippen molar-refractivity contribution in [2.75, 3.05) is 44.4 Å². The molecule has 1 saturated heterocycles. The summed E-state index contributed by atoms with van der Waals surface area (Å²) in [4.78, 5) is 14.7. The number of rotatable bonds is 6. The van der Waals surface area contributed by atoms with E-state index in [1.54, 1.807) is 6.07 Å². The molecule has 0 amide bonds. The first-order valence-electron chi connectivity index (χ1n) is 9.45. The molecular weight excluding hydrogens is 432 g/mol. The van der Waals surface area contributed by atoms with Gasteiger partial charge in [-0.1, -0.05) is 0 Å². The number of nitrogens with zero attached hydrogens (tertiary/aromatic N) is 7. The highest BCUT2D eigenvalue weighted by atomic mass is 32.2. The van der Waals surface area contributed by atoms with E-state index in [-0.39, 0.29) is 18.3 Å². The van der Waals surface area contributed by atoms with Crippen molar-refractivity contribution in [3.8, 4) is 11.4 Å². The number of anilines is 1. The molecular formula is C18H21F2N7O3S. The van der Waals surface area contributed by atoms with Crippen LogP contribution < -0.4 is 4.90 Å². The topological polar surface area (TPSA) is 106 Å². The quantitative estimate of drug-likeness (QED) is 0.549. The molecule has 0 aromatic carbocycles. The van der Waals surface area contributed by atoms with E-state index in [1.165, 1.54) is 40.5 Å².